The van der Waals surface area contributed by atoms with Crippen LogP contribution in [-0.2, 0) is 19.2 Å². The Morgan fingerprint density at radius 2 is 1.74 bits per heavy atom. The van der Waals surface area contributed by atoms with Crippen LogP contribution in [0, 0.1) is 17.8 Å². The molecule has 8 heteroatoms. The number of hydrogen-bond donors (Lipinski definition) is 1. The van der Waals surface area contributed by atoms with E-state index in [1.165, 1.54) is 24.2 Å². The van der Waals surface area contributed by atoms with Gasteiger partial charge in [-0.3, -0.25) is 24.1 Å². The monoisotopic (exact) mass is 573 g/mol. The Balaban J connectivity index is 1.49. The molecular formula is C30H24BrNO6. The second kappa shape index (κ2) is 8.91. The number of halogens is 1. The topological polar surface area (TPSA) is 101 Å². The summed E-state index contributed by atoms with van der Waals surface area (Å²) in [6.45, 7) is 1.61. The quantitative estimate of drug-likeness (QED) is 0.321. The number of methoxy groups -OCH3 is 1. The molecule has 0 aromatic heterocycles. The fraction of sp³-hybridized carbons (Fsp3) is 0.267. The van der Waals surface area contributed by atoms with E-state index in [2.05, 4.69) is 15.9 Å². The number of nitrogens with zero attached hydrogens (tertiary/aromatic N) is 1. The Hall–Kier alpha value is -3.78. The molecule has 1 saturated heterocycles. The number of imide groups is 1. The lowest BCUT2D eigenvalue weighted by Crippen LogP contribution is -2.39. The van der Waals surface area contributed by atoms with Crippen LogP contribution in [0.25, 0.3) is 0 Å². The molecule has 4 aliphatic rings. The van der Waals surface area contributed by atoms with E-state index in [0.29, 0.717) is 40.1 Å². The average molecular weight is 574 g/mol. The number of anilines is 1. The third-order valence-electron chi connectivity index (χ3n) is 8.20. The lowest BCUT2D eigenvalue weighted by Gasteiger charge is -2.42. The Labute approximate surface area is 227 Å². The van der Waals surface area contributed by atoms with Crippen molar-refractivity contribution in [2.45, 2.75) is 25.7 Å². The number of hydrogen-bond acceptors (Lipinski definition) is 6. The minimum atomic E-state index is -0.707. The Morgan fingerprint density at radius 3 is 2.42 bits per heavy atom. The van der Waals surface area contributed by atoms with Crippen molar-refractivity contribution in [3.63, 3.8) is 0 Å². The molecule has 4 atom stereocenters. The van der Waals surface area contributed by atoms with E-state index in [-0.39, 0.29) is 35.6 Å². The smallest absolute Gasteiger partial charge is 0.238 e. The van der Waals surface area contributed by atoms with E-state index in [9.17, 15) is 24.3 Å². The normalized spacial score (nSPS) is 26.6. The highest BCUT2D eigenvalue weighted by Gasteiger charge is 2.56. The third-order valence-corrected chi connectivity index (χ3v) is 8.72. The predicted octanol–water partition coefficient (Wildman–Crippen LogP) is 4.80. The number of allylic oxidation sites excluding steroid dienone is 6. The van der Waals surface area contributed by atoms with Crippen LogP contribution in [0.1, 0.15) is 31.2 Å². The van der Waals surface area contributed by atoms with E-state index < -0.39 is 23.7 Å². The molecule has 1 aliphatic heterocycles. The molecule has 38 heavy (non-hydrogen) atoms. The molecule has 1 heterocycles. The van der Waals surface area contributed by atoms with Gasteiger partial charge in [-0.2, -0.15) is 0 Å². The fourth-order valence-electron chi connectivity index (χ4n) is 6.48. The van der Waals surface area contributed by atoms with Crippen LogP contribution in [0.5, 0.6) is 11.5 Å². The minimum absolute atomic E-state index is 0.0679. The number of Topliss-reactive ketones (excluding diaryl/α,β-unsaturated/α-hetero) is 1. The summed E-state index contributed by atoms with van der Waals surface area (Å²) in [6, 6.07) is 11.9. The van der Waals surface area contributed by atoms with Gasteiger partial charge in [0.15, 0.2) is 11.6 Å². The molecule has 0 radical (unpaired) electrons. The summed E-state index contributed by atoms with van der Waals surface area (Å²) in [5.74, 6) is -3.08. The van der Waals surface area contributed by atoms with Crippen molar-refractivity contribution >= 4 is 45.0 Å². The zero-order chi connectivity index (χ0) is 26.9. The number of ether oxygens (including phenoxy) is 1. The Morgan fingerprint density at radius 1 is 1.00 bits per heavy atom. The number of ketones is 2. The fourth-order valence-corrected chi connectivity index (χ4v) is 6.74. The molecule has 3 aliphatic carbocycles. The molecule has 7 nitrogen and oxygen atoms in total. The highest BCUT2D eigenvalue weighted by Crippen LogP contribution is 2.56. The van der Waals surface area contributed by atoms with Crippen molar-refractivity contribution in [2.24, 2.45) is 17.8 Å². The standard InChI is InChI=1S/C30H24BrNO6/c1-14-11-24(34)27-22(28(14)35)13-21-18(25(27)19-8-7-17(38-2)12-23(19)33)9-10-20-26(21)30(37)32(29(20)36)16-5-3-15(31)4-6-16/h3-9,11-12,20-21,25-26,33H,10,13H2,1-2H3. The number of phenolic OH excluding ortho intramolecular Hbond substituents is 1. The number of aromatic hydroxyl groups is 1. The van der Waals surface area contributed by atoms with Crippen LogP contribution in [0.15, 0.2) is 81.4 Å². The van der Waals surface area contributed by atoms with Crippen molar-refractivity contribution in [2.75, 3.05) is 12.0 Å². The van der Waals surface area contributed by atoms with E-state index in [0.717, 1.165) is 10.0 Å². The number of carbonyl (C=O) groups excluding carboxylic acids is 4. The number of carbonyl (C=O) groups is 4. The zero-order valence-corrected chi connectivity index (χ0v) is 22.3. The SMILES string of the molecule is COc1ccc(C2C3=CCC4C(=O)N(c5ccc(Br)cc5)C(=O)C4C3CC3=C2C(=O)C=C(C)C3=O)c(O)c1. The largest absolute Gasteiger partial charge is 0.507 e. The molecule has 0 spiro atoms. The van der Waals surface area contributed by atoms with Gasteiger partial charge in [-0.1, -0.05) is 33.6 Å². The second-order valence-corrected chi connectivity index (χ2v) is 11.1. The van der Waals surface area contributed by atoms with Gasteiger partial charge in [0.05, 0.1) is 24.6 Å². The Bertz CT molecular complexity index is 1530. The van der Waals surface area contributed by atoms with Gasteiger partial charge in [0.1, 0.15) is 11.5 Å². The van der Waals surface area contributed by atoms with Crippen LogP contribution in [-0.4, -0.2) is 35.6 Å². The van der Waals surface area contributed by atoms with Gasteiger partial charge in [-0.15, -0.1) is 0 Å². The van der Waals surface area contributed by atoms with Crippen LogP contribution in [0.4, 0.5) is 5.69 Å². The number of rotatable bonds is 3. The number of fused-ring (bicyclic) bond motifs is 3. The predicted molar refractivity (Wildman–Crippen MR) is 143 cm³/mol. The minimum Gasteiger partial charge on any atom is -0.507 e. The molecule has 0 bridgehead atoms. The number of phenols is 1. The summed E-state index contributed by atoms with van der Waals surface area (Å²) in [4.78, 5) is 55.3. The first-order valence-electron chi connectivity index (χ1n) is 12.4. The maximum atomic E-state index is 13.9. The lowest BCUT2D eigenvalue weighted by atomic mass is 9.59. The molecule has 2 aromatic carbocycles. The number of benzene rings is 2. The molecule has 4 unspecified atom stereocenters. The summed E-state index contributed by atoms with van der Waals surface area (Å²) in [5, 5.41) is 11.0. The van der Waals surface area contributed by atoms with Crippen LogP contribution >= 0.6 is 15.9 Å². The van der Waals surface area contributed by atoms with E-state index in [1.54, 1.807) is 43.3 Å². The maximum absolute atomic E-state index is 13.9. The van der Waals surface area contributed by atoms with Crippen LogP contribution in [0.2, 0.25) is 0 Å². The third kappa shape index (κ3) is 3.54. The van der Waals surface area contributed by atoms with Gasteiger partial charge >= 0.3 is 0 Å². The van der Waals surface area contributed by atoms with Gasteiger partial charge in [-0.05, 0) is 62.1 Å². The molecular weight excluding hydrogens is 550 g/mol. The molecule has 192 valence electrons. The summed E-state index contributed by atoms with van der Waals surface area (Å²) < 4.78 is 6.07. The van der Waals surface area contributed by atoms with Crippen molar-refractivity contribution < 1.29 is 29.0 Å². The van der Waals surface area contributed by atoms with Crippen LogP contribution < -0.4 is 9.64 Å². The molecule has 1 N–H and O–H groups in total. The average Bonchev–Trinajstić information content (AvgIpc) is 3.16. The first-order chi connectivity index (χ1) is 18.2. The maximum Gasteiger partial charge on any atom is 0.238 e. The van der Waals surface area contributed by atoms with E-state index >= 15 is 0 Å². The van der Waals surface area contributed by atoms with Crippen molar-refractivity contribution in [3.8, 4) is 11.5 Å². The Kier molecular flexibility index (Phi) is 5.76. The highest BCUT2D eigenvalue weighted by atomic mass is 79.9. The molecule has 6 rings (SSSR count). The lowest BCUT2D eigenvalue weighted by molar-refractivity contribution is -0.123. The first-order valence-corrected chi connectivity index (χ1v) is 13.2. The molecule has 2 aromatic rings. The van der Waals surface area contributed by atoms with E-state index in [4.69, 9.17) is 4.74 Å². The van der Waals surface area contributed by atoms with E-state index in [1.807, 2.05) is 6.08 Å². The van der Waals surface area contributed by atoms with Crippen LogP contribution in [0.3, 0.4) is 0 Å². The van der Waals surface area contributed by atoms with Gasteiger partial charge in [0.25, 0.3) is 0 Å². The van der Waals surface area contributed by atoms with Gasteiger partial charge in [0, 0.05) is 38.7 Å². The van der Waals surface area contributed by atoms with Crippen molar-refractivity contribution in [3.05, 3.63) is 86.9 Å². The zero-order valence-electron chi connectivity index (χ0n) is 20.7. The molecule has 1 fully saturated rings. The van der Waals surface area contributed by atoms with Gasteiger partial charge in [-0.25, -0.2) is 0 Å². The summed E-state index contributed by atoms with van der Waals surface area (Å²) in [6.07, 6.45) is 3.81. The number of amides is 2. The molecule has 0 saturated carbocycles. The van der Waals surface area contributed by atoms with Gasteiger partial charge in [0.2, 0.25) is 11.8 Å². The highest BCUT2D eigenvalue weighted by molar-refractivity contribution is 9.10. The first kappa shape index (κ1) is 24.6. The second-order valence-electron chi connectivity index (χ2n) is 10.1. The molecule has 2 amide bonds. The summed E-state index contributed by atoms with van der Waals surface area (Å²) in [7, 11) is 1.49. The van der Waals surface area contributed by atoms with Crippen molar-refractivity contribution in [1.29, 1.82) is 0 Å². The van der Waals surface area contributed by atoms with Gasteiger partial charge < -0.3 is 9.84 Å². The summed E-state index contributed by atoms with van der Waals surface area (Å²) in [5.41, 5.74) is 2.80. The summed E-state index contributed by atoms with van der Waals surface area (Å²) >= 11 is 3.39. The van der Waals surface area contributed by atoms with Crippen molar-refractivity contribution in [1.82, 2.24) is 0 Å².